The van der Waals surface area contributed by atoms with E-state index in [2.05, 4.69) is 15.2 Å². The summed E-state index contributed by atoms with van der Waals surface area (Å²) in [6.07, 6.45) is -0.214. The first kappa shape index (κ1) is 17.7. The Morgan fingerprint density at radius 2 is 2.14 bits per heavy atom. The number of ether oxygens (including phenoxy) is 1. The molecule has 0 aliphatic rings. The third-order valence-corrected chi connectivity index (χ3v) is 2.58. The highest BCUT2D eigenvalue weighted by molar-refractivity contribution is 5.95. The van der Waals surface area contributed by atoms with Gasteiger partial charge >= 0.3 is 12.1 Å². The fourth-order valence-corrected chi connectivity index (χ4v) is 1.62. The van der Waals surface area contributed by atoms with Crippen LogP contribution in [0.15, 0.2) is 18.3 Å². The number of aryl methyl sites for hydroxylation is 1. The predicted molar refractivity (Wildman–Crippen MR) is 71.1 cm³/mol. The quantitative estimate of drug-likeness (QED) is 0.491. The number of halogens is 3. The van der Waals surface area contributed by atoms with Crippen molar-refractivity contribution in [2.45, 2.75) is 26.1 Å². The summed E-state index contributed by atoms with van der Waals surface area (Å²) in [7, 11) is 1.25. The topological polar surface area (TPSA) is 73.2 Å². The summed E-state index contributed by atoms with van der Waals surface area (Å²) in [5, 5.41) is 6.19. The maximum Gasteiger partial charge on any atom is 0.408 e. The Morgan fingerprint density at radius 3 is 2.73 bits per heavy atom. The molecule has 0 saturated heterocycles. The molecule has 0 spiro atoms. The highest BCUT2D eigenvalue weighted by Gasteiger charge is 2.29. The van der Waals surface area contributed by atoms with Gasteiger partial charge in [-0.1, -0.05) is 6.08 Å². The molecule has 0 bridgehead atoms. The molecule has 9 heteroatoms. The van der Waals surface area contributed by atoms with Crippen molar-refractivity contribution in [1.29, 1.82) is 0 Å². The van der Waals surface area contributed by atoms with Gasteiger partial charge in [-0.3, -0.25) is 9.48 Å². The van der Waals surface area contributed by atoms with Crippen molar-refractivity contribution in [2.24, 2.45) is 0 Å². The molecule has 6 nitrogen and oxygen atoms in total. The summed E-state index contributed by atoms with van der Waals surface area (Å²) < 4.78 is 41.8. The van der Waals surface area contributed by atoms with Gasteiger partial charge in [-0.2, -0.15) is 18.3 Å². The predicted octanol–water partition coefficient (Wildman–Crippen LogP) is 1.60. The zero-order valence-electron chi connectivity index (χ0n) is 12.1. The van der Waals surface area contributed by atoms with Crippen molar-refractivity contribution in [3.8, 4) is 0 Å². The van der Waals surface area contributed by atoms with Crippen LogP contribution in [0, 0.1) is 6.92 Å². The Kier molecular flexibility index (Phi) is 6.14. The van der Waals surface area contributed by atoms with Crippen molar-refractivity contribution >= 4 is 11.9 Å². The molecule has 0 aromatic carbocycles. The lowest BCUT2D eigenvalue weighted by molar-refractivity contribution is -0.142. The van der Waals surface area contributed by atoms with Crippen LogP contribution in [0.4, 0.5) is 13.2 Å². The maximum absolute atomic E-state index is 12.3. The van der Waals surface area contributed by atoms with E-state index in [9.17, 15) is 22.8 Å². The molecule has 1 heterocycles. The van der Waals surface area contributed by atoms with E-state index in [1.807, 2.05) is 0 Å². The second kappa shape index (κ2) is 7.62. The van der Waals surface area contributed by atoms with Crippen LogP contribution in [0.3, 0.4) is 0 Å². The Morgan fingerprint density at radius 1 is 1.45 bits per heavy atom. The fraction of sp³-hybridized carbons (Fsp3) is 0.462. The minimum Gasteiger partial charge on any atom is -0.466 e. The zero-order valence-corrected chi connectivity index (χ0v) is 12.1. The average Bonchev–Trinajstić information content (AvgIpc) is 2.76. The molecule has 0 radical (unpaired) electrons. The molecule has 0 unspecified atom stereocenters. The molecule has 1 aromatic rings. The smallest absolute Gasteiger partial charge is 0.408 e. The molecule has 0 fully saturated rings. The number of esters is 1. The second-order valence-corrected chi connectivity index (χ2v) is 4.41. The lowest BCUT2D eigenvalue weighted by Gasteiger charge is -2.05. The number of nitrogens with one attached hydrogen (secondary N) is 1. The Labute approximate surface area is 124 Å². The molecule has 0 aliphatic carbocycles. The summed E-state index contributed by atoms with van der Waals surface area (Å²) in [5.41, 5.74) is 0.299. The van der Waals surface area contributed by atoms with E-state index in [0.717, 1.165) is 6.20 Å². The molecule has 0 aliphatic heterocycles. The lowest BCUT2D eigenvalue weighted by atomic mass is 10.2. The van der Waals surface area contributed by atoms with Gasteiger partial charge in [0, 0.05) is 18.8 Å². The van der Waals surface area contributed by atoms with Crippen LogP contribution < -0.4 is 5.32 Å². The molecule has 122 valence electrons. The third-order valence-electron chi connectivity index (χ3n) is 2.58. The summed E-state index contributed by atoms with van der Waals surface area (Å²) in [6.45, 7) is 0.443. The van der Waals surface area contributed by atoms with E-state index < -0.39 is 24.6 Å². The summed E-state index contributed by atoms with van der Waals surface area (Å²) in [4.78, 5) is 22.6. The van der Waals surface area contributed by atoms with Crippen LogP contribution in [0.5, 0.6) is 0 Å². The van der Waals surface area contributed by atoms with Crippen molar-refractivity contribution in [2.75, 3.05) is 13.7 Å². The van der Waals surface area contributed by atoms with Gasteiger partial charge in [0.25, 0.3) is 5.91 Å². The molecule has 1 rings (SSSR count). The minimum atomic E-state index is -4.40. The Balaban J connectivity index is 2.52. The second-order valence-electron chi connectivity index (χ2n) is 4.41. The highest BCUT2D eigenvalue weighted by atomic mass is 19.4. The first-order chi connectivity index (χ1) is 10.2. The Bertz CT molecular complexity index is 565. The molecule has 0 atom stereocenters. The number of rotatable bonds is 6. The van der Waals surface area contributed by atoms with Gasteiger partial charge in [-0.15, -0.1) is 0 Å². The van der Waals surface area contributed by atoms with Gasteiger partial charge < -0.3 is 10.1 Å². The standard InChI is InChI=1S/C13H16F3N3O3/c1-9-10(7-19(18-9)8-13(14,15)16)12(21)17-6-4-3-5-11(20)22-2/h3,5,7H,4,6,8H2,1-2H3,(H,17,21)/b5-3+. The number of nitrogens with zero attached hydrogens (tertiary/aromatic N) is 2. The van der Waals surface area contributed by atoms with Crippen LogP contribution in [0.1, 0.15) is 22.5 Å². The number of alkyl halides is 3. The number of aromatic nitrogens is 2. The van der Waals surface area contributed by atoms with Gasteiger partial charge in [-0.25, -0.2) is 4.79 Å². The molecule has 1 aromatic heterocycles. The highest BCUT2D eigenvalue weighted by Crippen LogP contribution is 2.18. The van der Waals surface area contributed by atoms with Crippen molar-refractivity contribution in [3.63, 3.8) is 0 Å². The third kappa shape index (κ3) is 5.98. The maximum atomic E-state index is 12.3. The van der Waals surface area contributed by atoms with E-state index in [4.69, 9.17) is 0 Å². The van der Waals surface area contributed by atoms with Crippen LogP contribution in [-0.2, 0) is 16.1 Å². The van der Waals surface area contributed by atoms with E-state index in [1.54, 1.807) is 0 Å². The van der Waals surface area contributed by atoms with Crippen LogP contribution in [0.25, 0.3) is 0 Å². The summed E-state index contributed by atoms with van der Waals surface area (Å²) in [6, 6.07) is 0. The van der Waals surface area contributed by atoms with E-state index >= 15 is 0 Å². The minimum absolute atomic E-state index is 0.0844. The molecule has 0 saturated carbocycles. The molecule has 1 N–H and O–H groups in total. The molecule has 1 amide bonds. The van der Waals surface area contributed by atoms with E-state index in [-0.39, 0.29) is 17.8 Å². The fourth-order valence-electron chi connectivity index (χ4n) is 1.62. The SMILES string of the molecule is COC(=O)/C=C/CCNC(=O)c1cn(CC(F)(F)F)nc1C. The van der Waals surface area contributed by atoms with Gasteiger partial charge in [0.1, 0.15) is 6.54 Å². The first-order valence-corrected chi connectivity index (χ1v) is 6.36. The van der Waals surface area contributed by atoms with Crippen LogP contribution >= 0.6 is 0 Å². The largest absolute Gasteiger partial charge is 0.466 e. The average molecular weight is 319 g/mol. The zero-order chi connectivity index (χ0) is 16.8. The summed E-state index contributed by atoms with van der Waals surface area (Å²) in [5.74, 6) is -1.02. The molecule has 22 heavy (non-hydrogen) atoms. The number of hydrogen-bond donors (Lipinski definition) is 1. The van der Waals surface area contributed by atoms with Gasteiger partial charge in [0.2, 0.25) is 0 Å². The number of hydrogen-bond acceptors (Lipinski definition) is 4. The van der Waals surface area contributed by atoms with Crippen LogP contribution in [0.2, 0.25) is 0 Å². The van der Waals surface area contributed by atoms with Gasteiger partial charge in [0.05, 0.1) is 18.4 Å². The van der Waals surface area contributed by atoms with E-state index in [1.165, 1.54) is 26.2 Å². The van der Waals surface area contributed by atoms with Crippen molar-refractivity contribution in [1.82, 2.24) is 15.1 Å². The molecular formula is C13H16F3N3O3. The van der Waals surface area contributed by atoms with Crippen molar-refractivity contribution < 1.29 is 27.5 Å². The normalized spacial score (nSPS) is 11.7. The van der Waals surface area contributed by atoms with Crippen molar-refractivity contribution in [3.05, 3.63) is 29.6 Å². The van der Waals surface area contributed by atoms with Gasteiger partial charge in [-0.05, 0) is 13.3 Å². The van der Waals surface area contributed by atoms with Gasteiger partial charge in [0.15, 0.2) is 0 Å². The van der Waals surface area contributed by atoms with E-state index in [0.29, 0.717) is 11.1 Å². The van der Waals surface area contributed by atoms with Crippen LogP contribution in [-0.4, -0.2) is 41.5 Å². The number of methoxy groups -OCH3 is 1. The number of carbonyl (C=O) groups excluding carboxylic acids is 2. The molecular weight excluding hydrogens is 303 g/mol. The first-order valence-electron chi connectivity index (χ1n) is 6.36. The lowest BCUT2D eigenvalue weighted by Crippen LogP contribution is -2.24. The number of carbonyl (C=O) groups is 2. The number of amides is 1. The summed E-state index contributed by atoms with van der Waals surface area (Å²) >= 11 is 0. The monoisotopic (exact) mass is 319 g/mol. The Hall–Kier alpha value is -2.32.